The van der Waals surface area contributed by atoms with Crippen molar-refractivity contribution >= 4 is 29.2 Å². The molecule has 0 spiro atoms. The van der Waals surface area contributed by atoms with E-state index in [4.69, 9.17) is 16.3 Å². The van der Waals surface area contributed by atoms with Crippen molar-refractivity contribution in [2.24, 2.45) is 0 Å². The van der Waals surface area contributed by atoms with E-state index < -0.39 is 6.03 Å². The first-order valence-corrected chi connectivity index (χ1v) is 9.28. The Hall–Kier alpha value is -1.95. The Morgan fingerprint density at radius 1 is 1.16 bits per heavy atom. The maximum atomic E-state index is 11.9. The number of carbonyl (C=O) groups excluding carboxylic acids is 2. The molecule has 2 N–H and O–H groups in total. The molecule has 1 aliphatic heterocycles. The molecule has 2 aliphatic rings. The van der Waals surface area contributed by atoms with Gasteiger partial charge in [0.2, 0.25) is 5.91 Å². The molecular formula is C18H24ClN3O3. The maximum Gasteiger partial charge on any atom is 0.319 e. The van der Waals surface area contributed by atoms with E-state index in [1.54, 1.807) is 23.1 Å². The van der Waals surface area contributed by atoms with Crippen molar-refractivity contribution in [2.45, 2.75) is 44.6 Å². The van der Waals surface area contributed by atoms with E-state index in [1.165, 1.54) is 12.8 Å². The zero-order valence-electron chi connectivity index (χ0n) is 14.2. The average Bonchev–Trinajstić information content (AvgIpc) is 3.28. The Kier molecular flexibility index (Phi) is 6.02. The molecule has 1 aromatic carbocycles. The van der Waals surface area contributed by atoms with E-state index in [9.17, 15) is 9.59 Å². The summed E-state index contributed by atoms with van der Waals surface area (Å²) < 4.78 is 5.89. The molecule has 0 aromatic heterocycles. The minimum atomic E-state index is -0.423. The quantitative estimate of drug-likeness (QED) is 0.840. The first-order valence-electron chi connectivity index (χ1n) is 8.90. The number of nitrogens with one attached hydrogen (secondary N) is 2. The number of hydrogen-bond acceptors (Lipinski definition) is 3. The van der Waals surface area contributed by atoms with Crippen LogP contribution in [0.4, 0.5) is 10.5 Å². The number of anilines is 1. The average molecular weight is 366 g/mol. The molecule has 0 unspecified atom stereocenters. The van der Waals surface area contributed by atoms with Gasteiger partial charge < -0.3 is 20.3 Å². The van der Waals surface area contributed by atoms with Crippen molar-refractivity contribution in [3.63, 3.8) is 0 Å². The van der Waals surface area contributed by atoms with Crippen LogP contribution in [0.2, 0.25) is 5.02 Å². The van der Waals surface area contributed by atoms with Crippen LogP contribution in [-0.2, 0) is 4.79 Å². The third-order valence-electron chi connectivity index (χ3n) is 4.64. The van der Waals surface area contributed by atoms with Crippen LogP contribution >= 0.6 is 11.6 Å². The molecule has 0 radical (unpaired) electrons. The van der Waals surface area contributed by atoms with Crippen molar-refractivity contribution in [3.8, 4) is 5.75 Å². The maximum absolute atomic E-state index is 11.9. The lowest BCUT2D eigenvalue weighted by molar-refractivity contribution is -0.128. The highest BCUT2D eigenvalue weighted by Gasteiger charge is 2.19. The number of benzene rings is 1. The first kappa shape index (κ1) is 17.9. The molecule has 6 nitrogen and oxygen atoms in total. The van der Waals surface area contributed by atoms with Gasteiger partial charge in [-0.25, -0.2) is 4.79 Å². The molecule has 3 amide bonds. The van der Waals surface area contributed by atoms with E-state index >= 15 is 0 Å². The first-order chi connectivity index (χ1) is 12.1. The normalized spacial score (nSPS) is 17.6. The molecule has 0 bridgehead atoms. The molecule has 0 atom stereocenters. The molecule has 136 valence electrons. The van der Waals surface area contributed by atoms with Crippen molar-refractivity contribution in [1.29, 1.82) is 0 Å². The summed E-state index contributed by atoms with van der Waals surface area (Å²) in [4.78, 5) is 25.6. The fourth-order valence-corrected chi connectivity index (χ4v) is 3.49. The van der Waals surface area contributed by atoms with E-state index in [2.05, 4.69) is 10.6 Å². The Balaban J connectivity index is 1.47. The summed E-state index contributed by atoms with van der Waals surface area (Å²) in [7, 11) is 0. The standard InChI is InChI=1S/C18H24ClN3O3/c19-15-11-13(7-8-16(15)25-14-5-1-2-6-14)21-18(24)20-12-17(23)22-9-3-4-10-22/h7-8,11,14H,1-6,9-10,12H2,(H2,20,21,24). The molecule has 1 aliphatic carbocycles. The van der Waals surface area contributed by atoms with Crippen LogP contribution in [0.25, 0.3) is 0 Å². The number of nitrogens with zero attached hydrogens (tertiary/aromatic N) is 1. The van der Waals surface area contributed by atoms with Crippen molar-refractivity contribution in [2.75, 3.05) is 25.0 Å². The SMILES string of the molecule is O=C(NCC(=O)N1CCCC1)Nc1ccc(OC2CCCC2)c(Cl)c1. The van der Waals surface area contributed by atoms with Gasteiger partial charge in [0.1, 0.15) is 5.75 Å². The van der Waals surface area contributed by atoms with E-state index in [1.807, 2.05) is 0 Å². The predicted molar refractivity (Wildman–Crippen MR) is 97.2 cm³/mol. The van der Waals surface area contributed by atoms with Gasteiger partial charge in [-0.15, -0.1) is 0 Å². The van der Waals surface area contributed by atoms with Gasteiger partial charge in [0.05, 0.1) is 17.7 Å². The fourth-order valence-electron chi connectivity index (χ4n) is 3.27. The molecule has 3 rings (SSSR count). The number of likely N-dealkylation sites (tertiary alicyclic amines) is 1. The van der Waals surface area contributed by atoms with Crippen LogP contribution in [0.3, 0.4) is 0 Å². The second kappa shape index (κ2) is 8.43. The Morgan fingerprint density at radius 3 is 2.56 bits per heavy atom. The van der Waals surface area contributed by atoms with Gasteiger partial charge in [0.25, 0.3) is 0 Å². The lowest BCUT2D eigenvalue weighted by Crippen LogP contribution is -2.40. The Bertz CT molecular complexity index is 626. The van der Waals surface area contributed by atoms with Gasteiger partial charge in [0.15, 0.2) is 0 Å². The fraction of sp³-hybridized carbons (Fsp3) is 0.556. The van der Waals surface area contributed by atoms with Crippen molar-refractivity contribution < 1.29 is 14.3 Å². The summed E-state index contributed by atoms with van der Waals surface area (Å²) in [6.07, 6.45) is 6.80. The predicted octanol–water partition coefficient (Wildman–Crippen LogP) is 3.41. The number of rotatable bonds is 5. The third kappa shape index (κ3) is 5.01. The second-order valence-electron chi connectivity index (χ2n) is 6.57. The number of carbonyl (C=O) groups is 2. The van der Waals surface area contributed by atoms with Crippen molar-refractivity contribution in [3.05, 3.63) is 23.2 Å². The lowest BCUT2D eigenvalue weighted by Gasteiger charge is -2.16. The van der Waals surface area contributed by atoms with Crippen LogP contribution in [0.5, 0.6) is 5.75 Å². The van der Waals surface area contributed by atoms with E-state index in [-0.39, 0.29) is 18.6 Å². The minimum absolute atomic E-state index is 0.00242. The van der Waals surface area contributed by atoms with E-state index in [0.29, 0.717) is 16.5 Å². The monoisotopic (exact) mass is 365 g/mol. The molecule has 1 heterocycles. The van der Waals surface area contributed by atoms with Crippen LogP contribution in [0.1, 0.15) is 38.5 Å². The van der Waals surface area contributed by atoms with Gasteiger partial charge in [-0.3, -0.25) is 4.79 Å². The topological polar surface area (TPSA) is 70.7 Å². The summed E-state index contributed by atoms with van der Waals surface area (Å²) in [6.45, 7) is 1.56. The van der Waals surface area contributed by atoms with Crippen LogP contribution in [0.15, 0.2) is 18.2 Å². The highest BCUT2D eigenvalue weighted by molar-refractivity contribution is 6.32. The third-order valence-corrected chi connectivity index (χ3v) is 4.94. The molecule has 7 heteroatoms. The molecule has 25 heavy (non-hydrogen) atoms. The Labute approximate surface area is 152 Å². The zero-order valence-corrected chi connectivity index (χ0v) is 15.0. The highest BCUT2D eigenvalue weighted by atomic mass is 35.5. The van der Waals surface area contributed by atoms with Crippen LogP contribution < -0.4 is 15.4 Å². The van der Waals surface area contributed by atoms with Gasteiger partial charge >= 0.3 is 6.03 Å². The summed E-state index contributed by atoms with van der Waals surface area (Å²) in [6, 6.07) is 4.75. The summed E-state index contributed by atoms with van der Waals surface area (Å²) in [5.74, 6) is 0.592. The molecule has 1 saturated carbocycles. The molecular weight excluding hydrogens is 342 g/mol. The molecule has 1 saturated heterocycles. The highest BCUT2D eigenvalue weighted by Crippen LogP contribution is 2.31. The smallest absolute Gasteiger partial charge is 0.319 e. The van der Waals surface area contributed by atoms with Crippen molar-refractivity contribution in [1.82, 2.24) is 10.2 Å². The molecule has 2 fully saturated rings. The number of ether oxygens (including phenoxy) is 1. The van der Waals surface area contributed by atoms with Crippen LogP contribution in [0, 0.1) is 0 Å². The number of urea groups is 1. The zero-order chi connectivity index (χ0) is 17.6. The lowest BCUT2D eigenvalue weighted by atomic mass is 10.2. The van der Waals surface area contributed by atoms with Gasteiger partial charge in [-0.1, -0.05) is 11.6 Å². The molecule has 1 aromatic rings. The van der Waals surface area contributed by atoms with Gasteiger partial charge in [-0.05, 0) is 56.7 Å². The summed E-state index contributed by atoms with van der Waals surface area (Å²) in [5.41, 5.74) is 0.565. The number of hydrogen-bond donors (Lipinski definition) is 2. The minimum Gasteiger partial charge on any atom is -0.489 e. The number of amides is 3. The summed E-state index contributed by atoms with van der Waals surface area (Å²) in [5, 5.41) is 5.74. The van der Waals surface area contributed by atoms with Gasteiger partial charge in [0, 0.05) is 18.8 Å². The largest absolute Gasteiger partial charge is 0.489 e. The van der Waals surface area contributed by atoms with Gasteiger partial charge in [-0.2, -0.15) is 0 Å². The number of halogens is 1. The Morgan fingerprint density at radius 2 is 1.88 bits per heavy atom. The van der Waals surface area contributed by atoms with E-state index in [0.717, 1.165) is 38.8 Å². The second-order valence-corrected chi connectivity index (χ2v) is 6.97. The van der Waals surface area contributed by atoms with Crippen LogP contribution in [-0.4, -0.2) is 42.6 Å². The summed E-state index contributed by atoms with van der Waals surface area (Å²) >= 11 is 6.25.